The maximum atomic E-state index is 10.6. The fraction of sp³-hybridized carbons (Fsp3) is 0.481. The molecule has 37 heavy (non-hydrogen) atoms. The molecule has 3 N–H and O–H groups in total. The molecular weight excluding hydrogens is 503 g/mol. The number of fused-ring (bicyclic) bond motifs is 2. The van der Waals surface area contributed by atoms with Crippen molar-refractivity contribution in [1.82, 2.24) is 14.9 Å². The van der Waals surface area contributed by atoms with Crippen LogP contribution >= 0.6 is 12.0 Å². The van der Waals surface area contributed by atoms with E-state index in [0.29, 0.717) is 5.41 Å². The Labute approximate surface area is 219 Å². The van der Waals surface area contributed by atoms with Crippen LogP contribution in [0.3, 0.4) is 0 Å². The minimum atomic E-state index is -5.08. The van der Waals surface area contributed by atoms with Crippen molar-refractivity contribution in [2.45, 2.75) is 64.7 Å². The molecule has 2 aliphatic rings. The summed E-state index contributed by atoms with van der Waals surface area (Å²) in [6, 6.07) is 14.4. The van der Waals surface area contributed by atoms with E-state index < -0.39 is 12.1 Å². The summed E-state index contributed by atoms with van der Waals surface area (Å²) in [6.45, 7) is 7.19. The highest BCUT2D eigenvalue weighted by Crippen LogP contribution is 2.38. The lowest BCUT2D eigenvalue weighted by Crippen LogP contribution is -2.42. The summed E-state index contributed by atoms with van der Waals surface area (Å²) in [7, 11) is 0. The predicted octanol–water partition coefficient (Wildman–Crippen LogP) is 7.01. The van der Waals surface area contributed by atoms with E-state index >= 15 is 0 Å². The van der Waals surface area contributed by atoms with Crippen LogP contribution in [0, 0.1) is 5.41 Å². The Hall–Kier alpha value is -2.56. The van der Waals surface area contributed by atoms with Crippen molar-refractivity contribution >= 4 is 29.0 Å². The van der Waals surface area contributed by atoms with Crippen LogP contribution in [-0.2, 0) is 17.8 Å². The summed E-state index contributed by atoms with van der Waals surface area (Å²) in [4.78, 5) is 19.2. The number of hydrogen-bond donors (Lipinski definition) is 3. The van der Waals surface area contributed by atoms with Crippen molar-refractivity contribution in [3.63, 3.8) is 0 Å². The SMILES string of the molecule is CC1(C)CCC(N2CCc3cc(-c4ccc5nc[nH]c5c4)ccc3C2)CC1.CSO.O=C(O)C(F)(F)F. The minimum Gasteiger partial charge on any atom is -0.475 e. The van der Waals surface area contributed by atoms with E-state index in [0.717, 1.165) is 35.7 Å². The number of carbonyl (C=O) groups is 1. The number of carboxylic acid groups (broad SMARTS) is 1. The lowest BCUT2D eigenvalue weighted by atomic mass is 9.75. The zero-order valence-electron chi connectivity index (χ0n) is 21.3. The Kier molecular flexibility index (Phi) is 9.66. The lowest BCUT2D eigenvalue weighted by molar-refractivity contribution is -0.192. The predicted molar refractivity (Wildman–Crippen MR) is 142 cm³/mol. The Morgan fingerprint density at radius 3 is 2.32 bits per heavy atom. The standard InChI is InChI=1S/C24H29N3.C2HF3O2.CH4OS/c1-24(2)10-7-21(8-11-24)27-12-9-19-13-17(3-4-20(19)15-27)18-5-6-22-23(14-18)26-16-25-22;3-2(4,5)1(6)7;1-3-2/h3-6,13-14,16,21H,7-12,15H2,1-2H3,(H,25,26);(H,6,7);2H,1H3. The van der Waals surface area contributed by atoms with Crippen molar-refractivity contribution in [2.75, 3.05) is 12.8 Å². The van der Waals surface area contributed by atoms with E-state index in [1.807, 2.05) is 0 Å². The van der Waals surface area contributed by atoms with E-state index in [1.54, 1.807) is 12.6 Å². The summed E-state index contributed by atoms with van der Waals surface area (Å²) < 4.78 is 39.2. The van der Waals surface area contributed by atoms with Gasteiger partial charge in [-0.25, -0.2) is 9.78 Å². The molecule has 0 saturated heterocycles. The molecule has 0 atom stereocenters. The first-order valence-corrected chi connectivity index (χ1v) is 13.4. The molecule has 0 bridgehead atoms. The molecule has 2 aromatic carbocycles. The zero-order valence-corrected chi connectivity index (χ0v) is 22.1. The minimum absolute atomic E-state index is 0.550. The fourth-order valence-electron chi connectivity index (χ4n) is 4.93. The number of H-pyrrole nitrogens is 1. The second-order valence-electron chi connectivity index (χ2n) is 10.2. The van der Waals surface area contributed by atoms with Crippen molar-refractivity contribution in [1.29, 1.82) is 0 Å². The quantitative estimate of drug-likeness (QED) is 0.305. The molecule has 1 fully saturated rings. The highest BCUT2D eigenvalue weighted by Gasteiger charge is 2.38. The highest BCUT2D eigenvalue weighted by molar-refractivity contribution is 7.93. The van der Waals surface area contributed by atoms with Gasteiger partial charge in [0.05, 0.1) is 17.4 Å². The summed E-state index contributed by atoms with van der Waals surface area (Å²) in [5, 5.41) is 7.12. The van der Waals surface area contributed by atoms with Gasteiger partial charge in [0, 0.05) is 25.4 Å². The molecule has 0 amide bonds. The summed E-state index contributed by atoms with van der Waals surface area (Å²) in [5.41, 5.74) is 8.33. The third kappa shape index (κ3) is 7.96. The van der Waals surface area contributed by atoms with Crippen molar-refractivity contribution in [3.8, 4) is 11.1 Å². The lowest BCUT2D eigenvalue weighted by Gasteiger charge is -2.42. The zero-order chi connectivity index (χ0) is 27.2. The van der Waals surface area contributed by atoms with Gasteiger partial charge < -0.3 is 14.6 Å². The molecule has 5 rings (SSSR count). The number of nitrogens with one attached hydrogen (secondary N) is 1. The van der Waals surface area contributed by atoms with Crippen molar-refractivity contribution in [3.05, 3.63) is 53.9 Å². The van der Waals surface area contributed by atoms with Gasteiger partial charge in [-0.2, -0.15) is 13.2 Å². The number of aromatic nitrogens is 2. The average molecular weight is 538 g/mol. The first kappa shape index (κ1) is 29.0. The number of benzene rings is 2. The topological polar surface area (TPSA) is 89.5 Å². The van der Waals surface area contributed by atoms with Crippen LogP contribution < -0.4 is 0 Å². The van der Waals surface area contributed by atoms with Crippen molar-refractivity contribution < 1.29 is 27.6 Å². The number of carboxylic acids is 1. The molecule has 202 valence electrons. The normalized spacial score (nSPS) is 17.7. The second kappa shape index (κ2) is 12.3. The maximum absolute atomic E-state index is 10.6. The van der Waals surface area contributed by atoms with E-state index in [-0.39, 0.29) is 0 Å². The van der Waals surface area contributed by atoms with Gasteiger partial charge in [-0.05, 0) is 83.9 Å². The summed E-state index contributed by atoms with van der Waals surface area (Å²) in [5.74, 6) is -2.76. The first-order valence-electron chi connectivity index (χ1n) is 12.2. The Balaban J connectivity index is 0.000000327. The van der Waals surface area contributed by atoms with E-state index in [2.05, 4.69) is 65.1 Å². The van der Waals surface area contributed by atoms with Gasteiger partial charge in [0.2, 0.25) is 0 Å². The van der Waals surface area contributed by atoms with Crippen LogP contribution in [0.1, 0.15) is 50.7 Å². The largest absolute Gasteiger partial charge is 0.490 e. The molecule has 3 aromatic rings. The highest BCUT2D eigenvalue weighted by atomic mass is 32.2. The van der Waals surface area contributed by atoms with Gasteiger partial charge in [0.15, 0.2) is 0 Å². The van der Waals surface area contributed by atoms with Crippen LogP contribution in [0.4, 0.5) is 13.2 Å². The van der Waals surface area contributed by atoms with Crippen LogP contribution in [-0.4, -0.2) is 55.5 Å². The van der Waals surface area contributed by atoms with E-state index in [9.17, 15) is 13.2 Å². The number of hydrogen-bond acceptors (Lipinski definition) is 5. The molecule has 2 heterocycles. The monoisotopic (exact) mass is 537 g/mol. The van der Waals surface area contributed by atoms with Crippen LogP contribution in [0.2, 0.25) is 0 Å². The van der Waals surface area contributed by atoms with Gasteiger partial charge >= 0.3 is 12.1 Å². The average Bonchev–Trinajstić information content (AvgIpc) is 3.32. The van der Waals surface area contributed by atoms with Gasteiger partial charge in [-0.1, -0.05) is 38.1 Å². The number of alkyl halides is 3. The number of halogens is 3. The fourth-order valence-corrected chi connectivity index (χ4v) is 4.93. The van der Waals surface area contributed by atoms with Crippen LogP contribution in [0.5, 0.6) is 0 Å². The Morgan fingerprint density at radius 1 is 1.11 bits per heavy atom. The molecular formula is C27H34F3N3O3S. The molecule has 1 aromatic heterocycles. The summed E-state index contributed by atoms with van der Waals surface area (Å²) >= 11 is 0.750. The number of nitrogens with zero attached hydrogens (tertiary/aromatic N) is 2. The third-order valence-corrected chi connectivity index (χ3v) is 7.07. The molecule has 10 heteroatoms. The number of rotatable bonds is 2. The maximum Gasteiger partial charge on any atom is 0.490 e. The molecule has 0 unspecified atom stereocenters. The van der Waals surface area contributed by atoms with Crippen molar-refractivity contribution in [2.24, 2.45) is 5.41 Å². The summed E-state index contributed by atoms with van der Waals surface area (Å²) in [6.07, 6.45) is 4.93. The smallest absolute Gasteiger partial charge is 0.475 e. The number of aromatic amines is 1. The van der Waals surface area contributed by atoms with Gasteiger partial charge in [0.1, 0.15) is 0 Å². The number of imidazole rings is 1. The molecule has 1 aliphatic carbocycles. The molecule has 0 spiro atoms. The molecule has 6 nitrogen and oxygen atoms in total. The molecule has 1 aliphatic heterocycles. The first-order chi connectivity index (χ1) is 17.4. The van der Waals surface area contributed by atoms with Crippen LogP contribution in [0.25, 0.3) is 22.2 Å². The Bertz CT molecular complexity index is 1190. The Morgan fingerprint density at radius 2 is 1.70 bits per heavy atom. The van der Waals surface area contributed by atoms with E-state index in [4.69, 9.17) is 14.5 Å². The van der Waals surface area contributed by atoms with Gasteiger partial charge in [0.25, 0.3) is 0 Å². The molecule has 0 radical (unpaired) electrons. The molecule has 1 saturated carbocycles. The van der Waals surface area contributed by atoms with Gasteiger partial charge in [-0.3, -0.25) is 4.90 Å². The second-order valence-corrected chi connectivity index (χ2v) is 10.6. The number of aliphatic carboxylic acids is 1. The van der Waals surface area contributed by atoms with E-state index in [1.165, 1.54) is 60.9 Å². The third-order valence-electron chi connectivity index (χ3n) is 7.07. The van der Waals surface area contributed by atoms with Gasteiger partial charge in [-0.15, -0.1) is 0 Å². The van der Waals surface area contributed by atoms with Crippen LogP contribution in [0.15, 0.2) is 42.7 Å².